The van der Waals surface area contributed by atoms with Crippen LogP contribution in [0.25, 0.3) is 0 Å². The summed E-state index contributed by atoms with van der Waals surface area (Å²) in [4.78, 5) is 21.2. The third-order valence-electron chi connectivity index (χ3n) is 5.40. The largest absolute Gasteiger partial charge is 0.748 e. The molecule has 1 saturated carbocycles. The van der Waals surface area contributed by atoms with Gasteiger partial charge in [0.05, 0.1) is 38.9 Å². The Labute approximate surface area is 247 Å². The Bertz CT molecular complexity index is 1180. The van der Waals surface area contributed by atoms with Crippen molar-refractivity contribution in [2.75, 3.05) is 12.4 Å². The van der Waals surface area contributed by atoms with Gasteiger partial charge in [0.25, 0.3) is 10.1 Å². The molecule has 0 spiro atoms. The zero-order chi connectivity index (χ0) is 31.9. The van der Waals surface area contributed by atoms with Crippen LogP contribution in [0.2, 0.25) is 0 Å². The number of ether oxygens (including phenoxy) is 1. The highest BCUT2D eigenvalue weighted by atomic mass is 32.2. The summed E-state index contributed by atoms with van der Waals surface area (Å²) in [5, 5.41) is -3.56. The molecule has 12 nitrogen and oxygen atoms in total. The molecule has 5 atom stereocenters. The number of ketones is 1. The Morgan fingerprint density at radius 1 is 0.907 bits per heavy atom. The lowest BCUT2D eigenvalue weighted by Crippen LogP contribution is -2.48. The molecule has 0 amide bonds. The number of alkyl halides is 7. The minimum absolute atomic E-state index is 0. The number of halogens is 7. The van der Waals surface area contributed by atoms with E-state index in [0.29, 0.717) is 12.8 Å². The SMILES string of the molecule is CC(=O)CC(CS(=O)(=O)O)C(F)(F)F.O=C1OCCC(S(=O)(=O)[O-])C1C(F)(F)F.O=S(=O)([O-])C1CCCCC1F.[CH3+].[CH3+].[CH3+]. The van der Waals surface area contributed by atoms with Crippen molar-refractivity contribution in [2.24, 2.45) is 11.8 Å². The minimum Gasteiger partial charge on any atom is -0.748 e. The molecule has 0 aromatic carbocycles. The van der Waals surface area contributed by atoms with E-state index in [9.17, 15) is 74.7 Å². The summed E-state index contributed by atoms with van der Waals surface area (Å²) < 4.78 is 181. The van der Waals surface area contributed by atoms with E-state index in [1.54, 1.807) is 0 Å². The van der Waals surface area contributed by atoms with Crippen LogP contribution in [0.1, 0.15) is 45.4 Å². The molecule has 1 saturated heterocycles. The molecule has 1 N–H and O–H groups in total. The fourth-order valence-corrected chi connectivity index (χ4v) is 6.34. The van der Waals surface area contributed by atoms with Gasteiger partial charge in [-0.1, -0.05) is 12.8 Å². The first-order valence-electron chi connectivity index (χ1n) is 11.0. The van der Waals surface area contributed by atoms with Crippen LogP contribution in [-0.4, -0.2) is 92.0 Å². The average Bonchev–Trinajstić information content (AvgIpc) is 2.70. The Hall–Kier alpha value is -2.01. The molecule has 2 aliphatic rings. The zero-order valence-electron chi connectivity index (χ0n) is 23.4. The normalized spacial score (nSPS) is 23.6. The molecule has 22 heteroatoms. The summed E-state index contributed by atoms with van der Waals surface area (Å²) in [6, 6.07) is 0. The summed E-state index contributed by atoms with van der Waals surface area (Å²) in [6.07, 6.45) is -11.2. The quantitative estimate of drug-likeness (QED) is 0.182. The van der Waals surface area contributed by atoms with Crippen LogP contribution in [-0.2, 0) is 44.7 Å². The highest BCUT2D eigenvalue weighted by molar-refractivity contribution is 7.86. The lowest BCUT2D eigenvalue weighted by Gasteiger charge is -2.32. The number of carbonyl (C=O) groups is 2. The van der Waals surface area contributed by atoms with Gasteiger partial charge in [-0.2, -0.15) is 34.8 Å². The van der Waals surface area contributed by atoms with Crippen LogP contribution in [0.4, 0.5) is 30.7 Å². The minimum atomic E-state index is -5.16. The maximum atomic E-state index is 12.8. The Kier molecular flexibility index (Phi) is 20.1. The predicted molar refractivity (Wildman–Crippen MR) is 136 cm³/mol. The van der Waals surface area contributed by atoms with Crippen molar-refractivity contribution in [1.29, 1.82) is 0 Å². The molecule has 256 valence electrons. The highest BCUT2D eigenvalue weighted by Crippen LogP contribution is 2.36. The van der Waals surface area contributed by atoms with E-state index < -0.39 is 108 Å². The Morgan fingerprint density at radius 3 is 1.63 bits per heavy atom. The molecule has 2 fully saturated rings. The van der Waals surface area contributed by atoms with Crippen LogP contribution >= 0.6 is 0 Å². The number of esters is 1. The van der Waals surface area contributed by atoms with Crippen molar-refractivity contribution in [3.8, 4) is 0 Å². The fraction of sp³-hybridized carbons (Fsp3) is 0.762. The van der Waals surface area contributed by atoms with Crippen LogP contribution in [0, 0.1) is 34.1 Å². The molecule has 0 aromatic heterocycles. The van der Waals surface area contributed by atoms with Gasteiger partial charge < -0.3 is 18.6 Å². The van der Waals surface area contributed by atoms with Gasteiger partial charge in [0, 0.05) is 28.7 Å². The molecule has 0 aromatic rings. The summed E-state index contributed by atoms with van der Waals surface area (Å²) >= 11 is 0. The number of carbonyl (C=O) groups excluding carboxylic acids is 2. The maximum Gasteiger partial charge on any atom is 0.403 e. The third kappa shape index (κ3) is 18.4. The van der Waals surface area contributed by atoms with Gasteiger partial charge in [-0.3, -0.25) is 9.35 Å². The van der Waals surface area contributed by atoms with E-state index in [1.165, 1.54) is 0 Å². The van der Waals surface area contributed by atoms with Crippen LogP contribution in [0.5, 0.6) is 0 Å². The topological polar surface area (TPSA) is 212 Å². The maximum absolute atomic E-state index is 12.8. The standard InChI is InChI=1S/C6H7F3O5S.C6H9F3O4S.C6H11FO3S.3CH3/c7-6(8,9)4-3(15(11,12)13)1-2-14-5(4)10;1-4(10)2-5(6(7,8)9)3-14(11,12)13;7-5-3-1-2-4-6(5)11(8,9)10;;;/h3-4H,1-2H2,(H,11,12,13);5H,2-3H2,1H3,(H,11,12,13);5-6H,1-4H2,(H,8,9,10);3*1H3/q;;;3*+1/p-2. The number of Topliss-reactive ketones (excluding diaryl/α,β-unsaturated/α-hetero) is 1. The van der Waals surface area contributed by atoms with Crippen molar-refractivity contribution >= 4 is 42.1 Å². The highest BCUT2D eigenvalue weighted by Gasteiger charge is 2.54. The molecule has 1 aliphatic heterocycles. The van der Waals surface area contributed by atoms with E-state index in [2.05, 4.69) is 4.74 Å². The van der Waals surface area contributed by atoms with Crippen LogP contribution in [0.3, 0.4) is 0 Å². The summed E-state index contributed by atoms with van der Waals surface area (Å²) in [5.74, 6) is -9.17. The van der Waals surface area contributed by atoms with E-state index >= 15 is 0 Å². The number of cyclic esters (lactones) is 1. The summed E-state index contributed by atoms with van der Waals surface area (Å²) in [7, 11) is -14.3. The second-order valence-electron chi connectivity index (χ2n) is 8.73. The monoisotopic (exact) mass is 707 g/mol. The molecule has 5 unspecified atom stereocenters. The number of rotatable bonds is 6. The number of hydrogen-bond acceptors (Lipinski definition) is 11. The van der Waals surface area contributed by atoms with Crippen LogP contribution in [0.15, 0.2) is 0 Å². The molecule has 0 bridgehead atoms. The van der Waals surface area contributed by atoms with Gasteiger partial charge in [0.15, 0.2) is 5.92 Å². The third-order valence-corrected chi connectivity index (χ3v) is 8.74. The molecule has 2 rings (SSSR count). The van der Waals surface area contributed by atoms with E-state index in [-0.39, 0.29) is 35.1 Å². The van der Waals surface area contributed by atoms with Gasteiger partial charge >= 0.3 is 18.3 Å². The van der Waals surface area contributed by atoms with E-state index in [4.69, 9.17) is 4.55 Å². The number of hydrogen-bond donors (Lipinski definition) is 1. The molecule has 1 aliphatic carbocycles. The first kappa shape index (κ1) is 47.9. The van der Waals surface area contributed by atoms with Crippen molar-refractivity contribution < 1.29 is 84.0 Å². The van der Waals surface area contributed by atoms with Crippen molar-refractivity contribution in [3.63, 3.8) is 0 Å². The molecular formula is C21H34F7O12S3+. The summed E-state index contributed by atoms with van der Waals surface area (Å²) in [5.41, 5.74) is 0. The average molecular weight is 708 g/mol. The van der Waals surface area contributed by atoms with Gasteiger partial charge in [-0.25, -0.2) is 21.2 Å². The van der Waals surface area contributed by atoms with Gasteiger partial charge in [-0.05, 0) is 26.2 Å². The molecule has 43 heavy (non-hydrogen) atoms. The van der Waals surface area contributed by atoms with Gasteiger partial charge in [-0.15, -0.1) is 0 Å². The molecular weight excluding hydrogens is 673 g/mol. The predicted octanol–water partition coefficient (Wildman–Crippen LogP) is 3.22. The second kappa shape index (κ2) is 18.1. The van der Waals surface area contributed by atoms with Crippen molar-refractivity contribution in [2.45, 2.75) is 74.5 Å². The fourth-order valence-electron chi connectivity index (χ4n) is 3.59. The van der Waals surface area contributed by atoms with Crippen molar-refractivity contribution in [3.05, 3.63) is 22.3 Å². The van der Waals surface area contributed by atoms with E-state index in [1.807, 2.05) is 0 Å². The smallest absolute Gasteiger partial charge is 0.403 e. The van der Waals surface area contributed by atoms with E-state index in [0.717, 1.165) is 6.92 Å². The lowest BCUT2D eigenvalue weighted by atomic mass is 9.98. The molecule has 1 heterocycles. The lowest BCUT2D eigenvalue weighted by molar-refractivity contribution is -0.204. The first-order valence-corrected chi connectivity index (χ1v) is 15.5. The van der Waals surface area contributed by atoms with Crippen molar-refractivity contribution in [1.82, 2.24) is 0 Å². The van der Waals surface area contributed by atoms with Gasteiger partial charge in [0.1, 0.15) is 22.1 Å². The Balaban J connectivity index is -0.000000259. The second-order valence-corrected chi connectivity index (χ2v) is 13.4. The van der Waals surface area contributed by atoms with Crippen LogP contribution < -0.4 is 0 Å². The van der Waals surface area contributed by atoms with Gasteiger partial charge in [0.2, 0.25) is 0 Å². The Morgan fingerprint density at radius 2 is 1.35 bits per heavy atom. The first-order chi connectivity index (χ1) is 17.7. The molecule has 0 radical (unpaired) electrons. The summed E-state index contributed by atoms with van der Waals surface area (Å²) in [6.45, 7) is 0.431. The zero-order valence-corrected chi connectivity index (χ0v) is 25.8.